The van der Waals surface area contributed by atoms with Crippen LogP contribution in [0.1, 0.15) is 10.5 Å². The molecule has 19 heavy (non-hydrogen) atoms. The number of ether oxygens (including phenoxy) is 2. The van der Waals surface area contributed by atoms with E-state index >= 15 is 0 Å². The van der Waals surface area contributed by atoms with Crippen molar-refractivity contribution in [2.24, 2.45) is 7.05 Å². The normalized spacial score (nSPS) is 19.3. The second-order valence-corrected chi connectivity index (χ2v) is 4.40. The Morgan fingerprint density at radius 1 is 1.53 bits per heavy atom. The van der Waals surface area contributed by atoms with E-state index < -0.39 is 12.1 Å². The lowest BCUT2D eigenvalue weighted by molar-refractivity contribution is -0.158. The van der Waals surface area contributed by atoms with E-state index in [0.717, 1.165) is 0 Å². The molecule has 0 aliphatic carbocycles. The fourth-order valence-electron chi connectivity index (χ4n) is 2.07. The van der Waals surface area contributed by atoms with E-state index in [1.165, 1.54) is 7.11 Å². The summed E-state index contributed by atoms with van der Waals surface area (Å²) < 4.78 is 11.6. The molecule has 1 amide bonds. The molecule has 1 aliphatic heterocycles. The summed E-state index contributed by atoms with van der Waals surface area (Å²) >= 11 is 0. The highest BCUT2D eigenvalue weighted by Gasteiger charge is 2.31. The highest BCUT2D eigenvalue weighted by Crippen LogP contribution is 2.14. The molecule has 2 N–H and O–H groups in total. The van der Waals surface area contributed by atoms with Gasteiger partial charge in [0.25, 0.3) is 5.91 Å². The highest BCUT2D eigenvalue weighted by molar-refractivity contribution is 5.94. The standard InChI is InChI=1S/C12H17N3O4/c1-14-6-8(13)5-9(14)11(16)15-3-4-19-10(7-15)12(17)18-2/h5-6,10H,3-4,7,13H2,1-2H3. The van der Waals surface area contributed by atoms with Crippen molar-refractivity contribution in [3.63, 3.8) is 0 Å². The number of morpholine rings is 1. The predicted octanol–water partition coefficient (Wildman–Crippen LogP) is -0.379. The Bertz CT molecular complexity index is 497. The van der Waals surface area contributed by atoms with Crippen LogP contribution in [0.4, 0.5) is 5.69 Å². The molecule has 1 saturated heterocycles. The molecule has 1 unspecified atom stereocenters. The Kier molecular flexibility index (Phi) is 3.75. The van der Waals surface area contributed by atoms with Crippen molar-refractivity contribution in [2.75, 3.05) is 32.5 Å². The number of hydrogen-bond donors (Lipinski definition) is 1. The van der Waals surface area contributed by atoms with Crippen LogP contribution in [-0.4, -0.2) is 54.3 Å². The predicted molar refractivity (Wildman–Crippen MR) is 67.5 cm³/mol. The number of hydrogen-bond acceptors (Lipinski definition) is 5. The first-order valence-corrected chi connectivity index (χ1v) is 5.93. The molecule has 1 aliphatic rings. The molecular weight excluding hydrogens is 250 g/mol. The van der Waals surface area contributed by atoms with Crippen molar-refractivity contribution >= 4 is 17.6 Å². The lowest BCUT2D eigenvalue weighted by Gasteiger charge is -2.31. The van der Waals surface area contributed by atoms with Gasteiger partial charge in [0.05, 0.1) is 25.9 Å². The first kappa shape index (κ1) is 13.4. The van der Waals surface area contributed by atoms with Crippen LogP contribution in [0.5, 0.6) is 0 Å². The fraction of sp³-hybridized carbons (Fsp3) is 0.500. The van der Waals surface area contributed by atoms with Crippen LogP contribution in [0.25, 0.3) is 0 Å². The molecule has 1 atom stereocenters. The Hall–Kier alpha value is -2.02. The van der Waals surface area contributed by atoms with Crippen molar-refractivity contribution in [1.82, 2.24) is 9.47 Å². The number of carbonyl (C=O) groups excluding carboxylic acids is 2. The molecule has 0 bridgehead atoms. The topological polar surface area (TPSA) is 86.8 Å². The quantitative estimate of drug-likeness (QED) is 0.738. The van der Waals surface area contributed by atoms with E-state index in [4.69, 9.17) is 10.5 Å². The Morgan fingerprint density at radius 2 is 2.26 bits per heavy atom. The number of nitrogens with two attached hydrogens (primary N) is 1. The largest absolute Gasteiger partial charge is 0.467 e. The van der Waals surface area contributed by atoms with Crippen LogP contribution >= 0.6 is 0 Å². The molecule has 0 spiro atoms. The minimum absolute atomic E-state index is 0.170. The van der Waals surface area contributed by atoms with Gasteiger partial charge in [0.2, 0.25) is 0 Å². The first-order chi connectivity index (χ1) is 9.02. The lowest BCUT2D eigenvalue weighted by atomic mass is 10.2. The Labute approximate surface area is 110 Å². The summed E-state index contributed by atoms with van der Waals surface area (Å²) in [7, 11) is 3.05. The maximum atomic E-state index is 12.3. The van der Waals surface area contributed by atoms with Crippen LogP contribution in [0.3, 0.4) is 0 Å². The van der Waals surface area contributed by atoms with E-state index in [1.54, 1.807) is 28.8 Å². The van der Waals surface area contributed by atoms with E-state index in [-0.39, 0.29) is 12.5 Å². The zero-order valence-electron chi connectivity index (χ0n) is 11.0. The van der Waals surface area contributed by atoms with Gasteiger partial charge in [0.1, 0.15) is 5.69 Å². The minimum Gasteiger partial charge on any atom is -0.467 e. The minimum atomic E-state index is -0.722. The van der Waals surface area contributed by atoms with E-state index in [1.807, 2.05) is 0 Å². The number of methoxy groups -OCH3 is 1. The number of carbonyl (C=O) groups is 2. The Morgan fingerprint density at radius 3 is 2.84 bits per heavy atom. The van der Waals surface area contributed by atoms with Crippen molar-refractivity contribution in [3.05, 3.63) is 18.0 Å². The van der Waals surface area contributed by atoms with Crippen LogP contribution in [0.2, 0.25) is 0 Å². The molecule has 0 aromatic carbocycles. The summed E-state index contributed by atoms with van der Waals surface area (Å²) in [5.41, 5.74) is 6.67. The van der Waals surface area contributed by atoms with Gasteiger partial charge in [-0.1, -0.05) is 0 Å². The fourth-order valence-corrected chi connectivity index (χ4v) is 2.07. The molecule has 0 saturated carbocycles. The zero-order valence-corrected chi connectivity index (χ0v) is 11.0. The van der Waals surface area contributed by atoms with Gasteiger partial charge in [-0.15, -0.1) is 0 Å². The average molecular weight is 267 g/mol. The van der Waals surface area contributed by atoms with Crippen LogP contribution in [-0.2, 0) is 21.3 Å². The van der Waals surface area contributed by atoms with Gasteiger partial charge in [0.15, 0.2) is 6.10 Å². The monoisotopic (exact) mass is 267 g/mol. The van der Waals surface area contributed by atoms with Crippen molar-refractivity contribution in [3.8, 4) is 0 Å². The second-order valence-electron chi connectivity index (χ2n) is 4.40. The maximum Gasteiger partial charge on any atom is 0.336 e. The van der Waals surface area contributed by atoms with Crippen LogP contribution in [0, 0.1) is 0 Å². The number of nitrogen functional groups attached to an aromatic ring is 1. The number of amides is 1. The van der Waals surface area contributed by atoms with Gasteiger partial charge in [-0.2, -0.15) is 0 Å². The summed E-state index contributed by atoms with van der Waals surface area (Å²) in [6.07, 6.45) is 0.950. The molecule has 2 rings (SSSR count). The van der Waals surface area contributed by atoms with E-state index in [9.17, 15) is 9.59 Å². The van der Waals surface area contributed by atoms with Gasteiger partial charge < -0.3 is 24.7 Å². The molecule has 7 nitrogen and oxygen atoms in total. The first-order valence-electron chi connectivity index (χ1n) is 5.93. The number of aryl methyl sites for hydroxylation is 1. The van der Waals surface area contributed by atoms with Gasteiger partial charge in [0, 0.05) is 19.8 Å². The molecular formula is C12H17N3O4. The molecule has 104 valence electrons. The third kappa shape index (κ3) is 2.70. The number of anilines is 1. The molecule has 2 heterocycles. The van der Waals surface area contributed by atoms with Gasteiger partial charge in [-0.05, 0) is 6.07 Å². The molecule has 1 aromatic rings. The van der Waals surface area contributed by atoms with Crippen molar-refractivity contribution in [2.45, 2.75) is 6.10 Å². The van der Waals surface area contributed by atoms with Gasteiger partial charge in [-0.25, -0.2) is 4.79 Å². The third-order valence-corrected chi connectivity index (χ3v) is 3.06. The summed E-state index contributed by atoms with van der Waals surface area (Å²) in [6.45, 7) is 0.944. The average Bonchev–Trinajstić information content (AvgIpc) is 2.76. The molecule has 1 aromatic heterocycles. The number of nitrogens with zero attached hydrogens (tertiary/aromatic N) is 2. The third-order valence-electron chi connectivity index (χ3n) is 3.06. The zero-order chi connectivity index (χ0) is 14.0. The Balaban J connectivity index is 2.11. The summed E-state index contributed by atoms with van der Waals surface area (Å²) in [4.78, 5) is 25.3. The van der Waals surface area contributed by atoms with Crippen LogP contribution < -0.4 is 5.73 Å². The summed E-state index contributed by atoms with van der Waals surface area (Å²) in [5, 5.41) is 0. The highest BCUT2D eigenvalue weighted by atomic mass is 16.6. The van der Waals surface area contributed by atoms with E-state index in [2.05, 4.69) is 4.74 Å². The summed E-state index contributed by atoms with van der Waals surface area (Å²) in [5.74, 6) is -0.639. The number of esters is 1. The number of rotatable bonds is 2. The van der Waals surface area contributed by atoms with Crippen LogP contribution in [0.15, 0.2) is 12.3 Å². The molecule has 0 radical (unpaired) electrons. The molecule has 1 fully saturated rings. The number of aromatic nitrogens is 1. The van der Waals surface area contributed by atoms with Crippen molar-refractivity contribution < 1.29 is 19.1 Å². The second kappa shape index (κ2) is 5.31. The smallest absolute Gasteiger partial charge is 0.336 e. The van der Waals surface area contributed by atoms with E-state index in [0.29, 0.717) is 24.5 Å². The lowest BCUT2D eigenvalue weighted by Crippen LogP contribution is -2.49. The summed E-state index contributed by atoms with van der Waals surface area (Å²) in [6, 6.07) is 1.62. The van der Waals surface area contributed by atoms with Crippen molar-refractivity contribution in [1.29, 1.82) is 0 Å². The van der Waals surface area contributed by atoms with Gasteiger partial charge >= 0.3 is 5.97 Å². The SMILES string of the molecule is COC(=O)C1CN(C(=O)c2cc(N)cn2C)CCO1. The maximum absolute atomic E-state index is 12.3. The molecule has 7 heteroatoms. The van der Waals surface area contributed by atoms with Gasteiger partial charge in [-0.3, -0.25) is 4.79 Å².